The minimum atomic E-state index is 0.0419. The first-order valence-electron chi connectivity index (χ1n) is 5.36. The van der Waals surface area contributed by atoms with Gasteiger partial charge in [0.2, 0.25) is 0 Å². The molecule has 2 N–H and O–H groups in total. The third-order valence-corrected chi connectivity index (χ3v) is 2.49. The smallest absolute Gasteiger partial charge is 0.317 e. The van der Waals surface area contributed by atoms with Crippen LogP contribution in [0.25, 0.3) is 0 Å². The summed E-state index contributed by atoms with van der Waals surface area (Å²) in [6.45, 7) is 5.99. The first-order valence-corrected chi connectivity index (χ1v) is 5.36. The first-order chi connectivity index (χ1) is 6.63. The van der Waals surface area contributed by atoms with Crippen LogP contribution in [0.5, 0.6) is 0 Å². The zero-order chi connectivity index (χ0) is 10.6. The van der Waals surface area contributed by atoms with Crippen molar-refractivity contribution in [1.29, 1.82) is 0 Å². The van der Waals surface area contributed by atoms with Crippen molar-refractivity contribution < 1.29 is 4.79 Å². The van der Waals surface area contributed by atoms with Gasteiger partial charge in [-0.05, 0) is 12.8 Å². The van der Waals surface area contributed by atoms with Crippen molar-refractivity contribution in [1.82, 2.24) is 15.5 Å². The van der Waals surface area contributed by atoms with Gasteiger partial charge in [-0.2, -0.15) is 0 Å². The summed E-state index contributed by atoms with van der Waals surface area (Å²) in [4.78, 5) is 13.3. The molecule has 2 amide bonds. The van der Waals surface area contributed by atoms with E-state index in [2.05, 4.69) is 24.5 Å². The molecule has 82 valence electrons. The van der Waals surface area contributed by atoms with Crippen LogP contribution < -0.4 is 10.6 Å². The van der Waals surface area contributed by atoms with E-state index in [0.717, 1.165) is 19.5 Å². The average molecular weight is 199 g/mol. The van der Waals surface area contributed by atoms with Crippen LogP contribution >= 0.6 is 0 Å². The largest absolute Gasteiger partial charge is 0.341 e. The molecule has 4 heteroatoms. The van der Waals surface area contributed by atoms with Gasteiger partial charge in [0.1, 0.15) is 0 Å². The van der Waals surface area contributed by atoms with Gasteiger partial charge in [-0.25, -0.2) is 4.79 Å². The molecule has 0 saturated carbocycles. The molecule has 4 nitrogen and oxygen atoms in total. The SMILES string of the molecule is CNC(=O)N1CCCC(NC(C)C)C1. The number of hydrogen-bond acceptors (Lipinski definition) is 2. The molecule has 0 aromatic rings. The topological polar surface area (TPSA) is 44.4 Å². The summed E-state index contributed by atoms with van der Waals surface area (Å²) in [7, 11) is 1.68. The van der Waals surface area contributed by atoms with Crippen molar-refractivity contribution in [2.45, 2.75) is 38.8 Å². The predicted octanol–water partition coefficient (Wildman–Crippen LogP) is 0.788. The minimum Gasteiger partial charge on any atom is -0.341 e. The van der Waals surface area contributed by atoms with E-state index in [1.165, 1.54) is 6.42 Å². The van der Waals surface area contributed by atoms with Crippen LogP contribution in [0.1, 0.15) is 26.7 Å². The Morgan fingerprint density at radius 2 is 2.21 bits per heavy atom. The molecular formula is C10H21N3O. The van der Waals surface area contributed by atoms with E-state index in [-0.39, 0.29) is 6.03 Å². The maximum Gasteiger partial charge on any atom is 0.317 e. The fourth-order valence-electron chi connectivity index (χ4n) is 1.93. The molecular weight excluding hydrogens is 178 g/mol. The van der Waals surface area contributed by atoms with Gasteiger partial charge in [-0.3, -0.25) is 0 Å². The third kappa shape index (κ3) is 3.18. The molecule has 0 radical (unpaired) electrons. The number of carbonyl (C=O) groups excluding carboxylic acids is 1. The lowest BCUT2D eigenvalue weighted by molar-refractivity contribution is 0.173. The Morgan fingerprint density at radius 1 is 1.50 bits per heavy atom. The van der Waals surface area contributed by atoms with Crippen LogP contribution in [0, 0.1) is 0 Å². The van der Waals surface area contributed by atoms with Crippen LogP contribution in [0.2, 0.25) is 0 Å². The highest BCUT2D eigenvalue weighted by molar-refractivity contribution is 5.73. The van der Waals surface area contributed by atoms with Gasteiger partial charge in [-0.1, -0.05) is 13.8 Å². The summed E-state index contributed by atoms with van der Waals surface area (Å²) >= 11 is 0. The number of rotatable bonds is 2. The number of nitrogens with zero attached hydrogens (tertiary/aromatic N) is 1. The molecule has 1 atom stereocenters. The van der Waals surface area contributed by atoms with Crippen molar-refractivity contribution in [2.24, 2.45) is 0 Å². The zero-order valence-corrected chi connectivity index (χ0v) is 9.34. The van der Waals surface area contributed by atoms with Crippen molar-refractivity contribution in [3.63, 3.8) is 0 Å². The number of nitrogens with one attached hydrogen (secondary N) is 2. The standard InChI is InChI=1S/C10H21N3O/c1-8(2)12-9-5-4-6-13(7-9)10(14)11-3/h8-9,12H,4-7H2,1-3H3,(H,11,14). The van der Waals surface area contributed by atoms with Crippen LogP contribution in [0.15, 0.2) is 0 Å². The van der Waals surface area contributed by atoms with Crippen molar-refractivity contribution in [2.75, 3.05) is 20.1 Å². The molecule has 1 fully saturated rings. The van der Waals surface area contributed by atoms with E-state index in [0.29, 0.717) is 12.1 Å². The number of urea groups is 1. The minimum absolute atomic E-state index is 0.0419. The normalized spacial score (nSPS) is 22.6. The Morgan fingerprint density at radius 3 is 2.79 bits per heavy atom. The molecule has 1 unspecified atom stereocenters. The summed E-state index contributed by atoms with van der Waals surface area (Å²) < 4.78 is 0. The lowest BCUT2D eigenvalue weighted by Gasteiger charge is -2.33. The van der Waals surface area contributed by atoms with Crippen molar-refractivity contribution in [3.05, 3.63) is 0 Å². The van der Waals surface area contributed by atoms with Gasteiger partial charge < -0.3 is 15.5 Å². The number of amides is 2. The molecule has 0 aromatic carbocycles. The molecule has 14 heavy (non-hydrogen) atoms. The van der Waals surface area contributed by atoms with Crippen LogP contribution in [0.4, 0.5) is 4.79 Å². The Bertz CT molecular complexity index is 194. The highest BCUT2D eigenvalue weighted by atomic mass is 16.2. The highest BCUT2D eigenvalue weighted by Gasteiger charge is 2.22. The van der Waals surface area contributed by atoms with Gasteiger partial charge in [0.05, 0.1) is 0 Å². The second-order valence-electron chi connectivity index (χ2n) is 4.16. The van der Waals surface area contributed by atoms with Gasteiger partial charge in [0.25, 0.3) is 0 Å². The second-order valence-corrected chi connectivity index (χ2v) is 4.16. The molecule has 1 aliphatic rings. The molecule has 0 aliphatic carbocycles. The summed E-state index contributed by atoms with van der Waals surface area (Å²) in [6, 6.07) is 0.992. The Hall–Kier alpha value is -0.770. The summed E-state index contributed by atoms with van der Waals surface area (Å²) in [6.07, 6.45) is 2.27. The number of likely N-dealkylation sites (tertiary alicyclic amines) is 1. The maximum atomic E-state index is 11.4. The van der Waals surface area contributed by atoms with E-state index in [1.54, 1.807) is 7.05 Å². The van der Waals surface area contributed by atoms with Crippen LogP contribution in [-0.4, -0.2) is 43.2 Å². The third-order valence-electron chi connectivity index (χ3n) is 2.49. The van der Waals surface area contributed by atoms with Gasteiger partial charge in [0.15, 0.2) is 0 Å². The number of piperidine rings is 1. The Balaban J connectivity index is 2.39. The van der Waals surface area contributed by atoms with E-state index >= 15 is 0 Å². The zero-order valence-electron chi connectivity index (χ0n) is 9.34. The molecule has 0 aromatic heterocycles. The highest BCUT2D eigenvalue weighted by Crippen LogP contribution is 2.10. The number of hydrogen-bond donors (Lipinski definition) is 2. The lowest BCUT2D eigenvalue weighted by Crippen LogP contribution is -2.51. The number of carbonyl (C=O) groups is 1. The quantitative estimate of drug-likeness (QED) is 0.690. The Labute approximate surface area is 86.0 Å². The summed E-state index contributed by atoms with van der Waals surface area (Å²) in [5.74, 6) is 0. The Kier molecular flexibility index (Phi) is 4.20. The van der Waals surface area contributed by atoms with Crippen molar-refractivity contribution in [3.8, 4) is 0 Å². The molecule has 1 saturated heterocycles. The fraction of sp³-hybridized carbons (Fsp3) is 0.900. The average Bonchev–Trinajstić information content (AvgIpc) is 2.16. The molecule has 1 aliphatic heterocycles. The fourth-order valence-corrected chi connectivity index (χ4v) is 1.93. The van der Waals surface area contributed by atoms with Crippen molar-refractivity contribution >= 4 is 6.03 Å². The van der Waals surface area contributed by atoms with E-state index in [1.807, 2.05) is 4.90 Å². The predicted molar refractivity (Wildman–Crippen MR) is 57.3 cm³/mol. The second kappa shape index (κ2) is 5.20. The van der Waals surface area contributed by atoms with Crippen LogP contribution in [-0.2, 0) is 0 Å². The monoisotopic (exact) mass is 199 g/mol. The van der Waals surface area contributed by atoms with Crippen LogP contribution in [0.3, 0.4) is 0 Å². The van der Waals surface area contributed by atoms with E-state index < -0.39 is 0 Å². The molecule has 1 rings (SSSR count). The summed E-state index contributed by atoms with van der Waals surface area (Å²) in [5, 5.41) is 6.14. The molecule has 0 spiro atoms. The van der Waals surface area contributed by atoms with Gasteiger partial charge in [-0.15, -0.1) is 0 Å². The van der Waals surface area contributed by atoms with E-state index in [9.17, 15) is 4.79 Å². The first kappa shape index (κ1) is 11.3. The van der Waals surface area contributed by atoms with E-state index in [4.69, 9.17) is 0 Å². The summed E-state index contributed by atoms with van der Waals surface area (Å²) in [5.41, 5.74) is 0. The van der Waals surface area contributed by atoms with Gasteiger partial charge >= 0.3 is 6.03 Å². The maximum absolute atomic E-state index is 11.4. The van der Waals surface area contributed by atoms with Gasteiger partial charge in [0, 0.05) is 32.2 Å². The lowest BCUT2D eigenvalue weighted by atomic mass is 10.1. The molecule has 1 heterocycles. The molecule has 0 bridgehead atoms.